The molecule has 0 amide bonds. The van der Waals surface area contributed by atoms with E-state index in [1.165, 1.54) is 12.8 Å². The van der Waals surface area contributed by atoms with E-state index in [1.807, 2.05) is 0 Å². The van der Waals surface area contributed by atoms with Crippen LogP contribution in [0.4, 0.5) is 0 Å². The minimum absolute atomic E-state index is 0.184. The van der Waals surface area contributed by atoms with Crippen LogP contribution in [0.1, 0.15) is 59.8 Å². The van der Waals surface area contributed by atoms with Gasteiger partial charge in [0.15, 0.2) is 0 Å². The van der Waals surface area contributed by atoms with E-state index in [2.05, 4.69) is 34.3 Å². The Labute approximate surface area is 94.6 Å². The quantitative estimate of drug-likeness (QED) is 0.244. The summed E-state index contributed by atoms with van der Waals surface area (Å²) in [5.41, 5.74) is 0.184. The van der Waals surface area contributed by atoms with Crippen LogP contribution in [0.2, 0.25) is 0 Å². The first-order valence-corrected chi connectivity index (χ1v) is 5.99. The zero-order chi connectivity index (χ0) is 11.7. The smallest absolute Gasteiger partial charge is 0.135 e. The van der Waals surface area contributed by atoms with Crippen LogP contribution < -0.4 is 0 Å². The lowest BCUT2D eigenvalue weighted by Gasteiger charge is -2.21. The maximum atomic E-state index is 5.18. The van der Waals surface area contributed by atoms with Crippen LogP contribution in [0, 0.1) is 5.41 Å². The molecule has 0 heterocycles. The van der Waals surface area contributed by atoms with Crippen molar-refractivity contribution >= 4 is 0 Å². The van der Waals surface area contributed by atoms with E-state index in [1.54, 1.807) is 0 Å². The molecule has 0 aliphatic heterocycles. The van der Waals surface area contributed by atoms with Crippen molar-refractivity contribution in [2.75, 3.05) is 6.61 Å². The molecule has 0 saturated carbocycles. The Morgan fingerprint density at radius 2 is 1.87 bits per heavy atom. The fraction of sp³-hybridized carbons (Fsp3) is 0.846. The first-order valence-electron chi connectivity index (χ1n) is 5.99. The molecule has 0 aliphatic carbocycles. The molecule has 90 valence electrons. The molecule has 2 nitrogen and oxygen atoms in total. The van der Waals surface area contributed by atoms with E-state index >= 15 is 0 Å². The lowest BCUT2D eigenvalue weighted by atomic mass is 9.92. The predicted octanol–water partition coefficient (Wildman–Crippen LogP) is 4.46. The van der Waals surface area contributed by atoms with Gasteiger partial charge in [0.2, 0.25) is 0 Å². The van der Waals surface area contributed by atoms with Crippen molar-refractivity contribution in [3.05, 3.63) is 12.3 Å². The summed E-state index contributed by atoms with van der Waals surface area (Å²) in [6.45, 7) is 13.1. The summed E-state index contributed by atoms with van der Waals surface area (Å²) in [5, 5.41) is 0. The summed E-state index contributed by atoms with van der Waals surface area (Å²) in [6.07, 6.45) is 5.56. The van der Waals surface area contributed by atoms with E-state index in [0.717, 1.165) is 25.0 Å². The molecule has 0 rings (SSSR count). The van der Waals surface area contributed by atoms with Crippen LogP contribution in [0.25, 0.3) is 0 Å². The van der Waals surface area contributed by atoms with Gasteiger partial charge in [-0.1, -0.05) is 47.1 Å². The van der Waals surface area contributed by atoms with Crippen LogP contribution in [-0.4, -0.2) is 6.61 Å². The van der Waals surface area contributed by atoms with Crippen LogP contribution in [-0.2, 0) is 9.78 Å². The number of allylic oxidation sites excluding steroid dienone is 1. The highest BCUT2D eigenvalue weighted by atomic mass is 17.2. The predicted molar refractivity (Wildman–Crippen MR) is 64.4 cm³/mol. The minimum Gasteiger partial charge on any atom is -0.343 e. The molecule has 0 unspecified atom stereocenters. The fourth-order valence-corrected chi connectivity index (χ4v) is 0.988. The Balaban J connectivity index is 3.46. The van der Waals surface area contributed by atoms with Gasteiger partial charge in [0.05, 0.1) is 6.61 Å². The SMILES string of the molecule is C=C(CCCCC)OOCC(C)(C)CC. The molecule has 0 N–H and O–H groups in total. The molecular weight excluding hydrogens is 188 g/mol. The molecule has 0 radical (unpaired) electrons. The molecular formula is C13H26O2. The third kappa shape index (κ3) is 8.49. The van der Waals surface area contributed by atoms with Gasteiger partial charge in [-0.25, -0.2) is 0 Å². The molecule has 0 spiro atoms. The highest BCUT2D eigenvalue weighted by Gasteiger charge is 2.16. The van der Waals surface area contributed by atoms with Crippen molar-refractivity contribution < 1.29 is 9.78 Å². The van der Waals surface area contributed by atoms with Crippen LogP contribution in [0.3, 0.4) is 0 Å². The summed E-state index contributed by atoms with van der Waals surface area (Å²) < 4.78 is 0. The van der Waals surface area contributed by atoms with Crippen LogP contribution in [0.15, 0.2) is 12.3 Å². The van der Waals surface area contributed by atoms with Crippen LogP contribution in [0.5, 0.6) is 0 Å². The molecule has 0 aromatic carbocycles. The third-order valence-electron chi connectivity index (χ3n) is 2.64. The normalized spacial score (nSPS) is 11.5. The summed E-state index contributed by atoms with van der Waals surface area (Å²) in [6, 6.07) is 0. The van der Waals surface area contributed by atoms with Gasteiger partial charge in [-0.2, -0.15) is 4.89 Å². The van der Waals surface area contributed by atoms with Gasteiger partial charge in [0, 0.05) is 6.42 Å². The molecule has 0 aromatic rings. The maximum absolute atomic E-state index is 5.18. The van der Waals surface area contributed by atoms with Gasteiger partial charge in [-0.3, -0.25) is 0 Å². The molecule has 2 heteroatoms. The van der Waals surface area contributed by atoms with E-state index in [9.17, 15) is 0 Å². The fourth-order valence-electron chi connectivity index (χ4n) is 0.988. The Kier molecular flexibility index (Phi) is 7.49. The van der Waals surface area contributed by atoms with Gasteiger partial charge in [0.1, 0.15) is 5.76 Å². The van der Waals surface area contributed by atoms with Gasteiger partial charge in [-0.05, 0) is 18.3 Å². The molecule has 0 bridgehead atoms. The summed E-state index contributed by atoms with van der Waals surface area (Å²) in [7, 11) is 0. The second-order valence-corrected chi connectivity index (χ2v) is 4.86. The Morgan fingerprint density at radius 1 is 1.20 bits per heavy atom. The number of unbranched alkanes of at least 4 members (excludes halogenated alkanes) is 2. The summed E-state index contributed by atoms with van der Waals surface area (Å²) in [4.78, 5) is 10.3. The Hall–Kier alpha value is -0.500. The lowest BCUT2D eigenvalue weighted by Crippen LogP contribution is -2.18. The van der Waals surface area contributed by atoms with Crippen molar-refractivity contribution in [3.8, 4) is 0 Å². The number of rotatable bonds is 9. The number of hydrogen-bond acceptors (Lipinski definition) is 2. The largest absolute Gasteiger partial charge is 0.343 e. The topological polar surface area (TPSA) is 18.5 Å². The van der Waals surface area contributed by atoms with E-state index < -0.39 is 0 Å². The molecule has 0 aliphatic rings. The van der Waals surface area contributed by atoms with Gasteiger partial charge < -0.3 is 4.89 Å². The minimum atomic E-state index is 0.184. The van der Waals surface area contributed by atoms with E-state index in [0.29, 0.717) is 6.61 Å². The molecule has 0 aromatic heterocycles. The average molecular weight is 214 g/mol. The van der Waals surface area contributed by atoms with Gasteiger partial charge in [-0.15, -0.1) is 0 Å². The standard InChI is InChI=1S/C13H26O2/c1-6-8-9-10-12(3)15-14-11-13(4,5)7-2/h3,6-11H2,1-2,4-5H3. The highest BCUT2D eigenvalue weighted by Crippen LogP contribution is 2.20. The van der Waals surface area contributed by atoms with Crippen molar-refractivity contribution in [3.63, 3.8) is 0 Å². The Bertz CT molecular complexity index is 173. The second kappa shape index (κ2) is 7.75. The van der Waals surface area contributed by atoms with Crippen molar-refractivity contribution in [2.45, 2.75) is 59.8 Å². The first kappa shape index (κ1) is 14.5. The molecule has 0 fully saturated rings. The summed E-state index contributed by atoms with van der Waals surface area (Å²) >= 11 is 0. The zero-order valence-corrected chi connectivity index (χ0v) is 10.8. The first-order chi connectivity index (χ1) is 7.02. The van der Waals surface area contributed by atoms with E-state index in [4.69, 9.17) is 9.78 Å². The Morgan fingerprint density at radius 3 is 2.40 bits per heavy atom. The van der Waals surface area contributed by atoms with Gasteiger partial charge in [0.25, 0.3) is 0 Å². The van der Waals surface area contributed by atoms with Gasteiger partial charge >= 0.3 is 0 Å². The summed E-state index contributed by atoms with van der Waals surface area (Å²) in [5.74, 6) is 0.746. The van der Waals surface area contributed by atoms with E-state index in [-0.39, 0.29) is 5.41 Å². The molecule has 0 atom stereocenters. The molecule has 0 saturated heterocycles. The lowest BCUT2D eigenvalue weighted by molar-refractivity contribution is -0.279. The van der Waals surface area contributed by atoms with Crippen molar-refractivity contribution in [1.29, 1.82) is 0 Å². The number of hydrogen-bond donors (Lipinski definition) is 0. The van der Waals surface area contributed by atoms with Crippen molar-refractivity contribution in [1.82, 2.24) is 0 Å². The zero-order valence-electron chi connectivity index (χ0n) is 10.8. The monoisotopic (exact) mass is 214 g/mol. The third-order valence-corrected chi connectivity index (χ3v) is 2.64. The second-order valence-electron chi connectivity index (χ2n) is 4.86. The van der Waals surface area contributed by atoms with Crippen molar-refractivity contribution in [2.24, 2.45) is 5.41 Å². The maximum Gasteiger partial charge on any atom is 0.135 e. The molecule has 15 heavy (non-hydrogen) atoms. The van der Waals surface area contributed by atoms with Crippen LogP contribution >= 0.6 is 0 Å². The average Bonchev–Trinajstić information content (AvgIpc) is 2.18. The highest BCUT2D eigenvalue weighted by molar-refractivity contribution is 4.80.